The number of rotatable bonds is 6. The molecule has 1 heterocycles. The van der Waals surface area contributed by atoms with Crippen LogP contribution in [0.4, 0.5) is 0 Å². The third-order valence-corrected chi connectivity index (χ3v) is 4.54. The summed E-state index contributed by atoms with van der Waals surface area (Å²) in [4.78, 5) is 0. The Labute approximate surface area is 91.9 Å². The lowest BCUT2D eigenvalue weighted by Gasteiger charge is -1.91. The molecule has 1 aromatic heterocycles. The van der Waals surface area contributed by atoms with Gasteiger partial charge in [0.1, 0.15) is 0 Å². The molecule has 2 nitrogen and oxygen atoms in total. The zero-order valence-corrected chi connectivity index (χ0v) is 10.4. The van der Waals surface area contributed by atoms with E-state index >= 15 is 0 Å². The van der Waals surface area contributed by atoms with E-state index in [4.69, 9.17) is 0 Å². The van der Waals surface area contributed by atoms with Gasteiger partial charge in [-0.25, -0.2) is 0 Å². The van der Waals surface area contributed by atoms with E-state index in [0.717, 1.165) is 14.4 Å². The van der Waals surface area contributed by atoms with Crippen LogP contribution in [0.2, 0.25) is 0 Å². The minimum Gasteiger partial charge on any atom is -0.131 e. The molecule has 0 amide bonds. The summed E-state index contributed by atoms with van der Waals surface area (Å²) in [6.45, 7) is 4.34. The van der Waals surface area contributed by atoms with Crippen LogP contribution in [-0.4, -0.2) is 21.7 Å². The largest absolute Gasteiger partial charge is 0.175 e. The van der Waals surface area contributed by atoms with E-state index in [0.29, 0.717) is 0 Å². The zero-order valence-electron chi connectivity index (χ0n) is 7.95. The van der Waals surface area contributed by atoms with Crippen molar-refractivity contribution < 1.29 is 0 Å². The van der Waals surface area contributed by atoms with Crippen LogP contribution in [0.15, 0.2) is 8.68 Å². The molecule has 0 unspecified atom stereocenters. The molecule has 0 aliphatic carbocycles. The van der Waals surface area contributed by atoms with Crippen LogP contribution >= 0.6 is 34.9 Å². The Bertz CT molecular complexity index is 237. The van der Waals surface area contributed by atoms with Crippen molar-refractivity contribution in [1.29, 1.82) is 0 Å². The molecule has 1 aromatic rings. The van der Waals surface area contributed by atoms with Crippen molar-refractivity contribution in [3.05, 3.63) is 0 Å². The molecule has 5 heteroatoms. The third-order valence-electron chi connectivity index (χ3n) is 1.38. The fourth-order valence-corrected chi connectivity index (χ4v) is 3.81. The number of thioether (sulfide) groups is 2. The average Bonchev–Trinajstić information content (AvgIpc) is 2.54. The molecule has 0 aliphatic rings. The summed E-state index contributed by atoms with van der Waals surface area (Å²) in [5.74, 6) is 2.25. The minimum absolute atomic E-state index is 1.08. The molecule has 1 rings (SSSR count). The van der Waals surface area contributed by atoms with Crippen LogP contribution in [0.1, 0.15) is 26.7 Å². The predicted molar refractivity (Wildman–Crippen MR) is 61.9 cm³/mol. The molecule has 0 saturated heterocycles. The minimum atomic E-state index is 1.08. The molecule has 0 bridgehead atoms. The Morgan fingerprint density at radius 2 is 1.85 bits per heavy atom. The topological polar surface area (TPSA) is 25.8 Å². The number of unbranched alkanes of at least 4 members (excludes halogenated alkanes) is 1. The van der Waals surface area contributed by atoms with Crippen molar-refractivity contribution in [1.82, 2.24) is 10.2 Å². The van der Waals surface area contributed by atoms with Crippen molar-refractivity contribution in [3.8, 4) is 0 Å². The molecule has 74 valence electrons. The average molecular weight is 234 g/mol. The van der Waals surface area contributed by atoms with Gasteiger partial charge < -0.3 is 0 Å². The quantitative estimate of drug-likeness (QED) is 0.555. The molecule has 0 N–H and O–H groups in total. The smallest absolute Gasteiger partial charge is 0.131 e. The molecule has 0 aliphatic heterocycles. The van der Waals surface area contributed by atoms with E-state index in [1.807, 2.05) is 11.8 Å². The molecule has 0 radical (unpaired) electrons. The van der Waals surface area contributed by atoms with Crippen molar-refractivity contribution in [2.45, 2.75) is 35.4 Å². The first-order valence-electron chi connectivity index (χ1n) is 4.46. The number of hydrogen-bond acceptors (Lipinski definition) is 5. The van der Waals surface area contributed by atoms with Crippen molar-refractivity contribution in [2.24, 2.45) is 0 Å². The molecule has 13 heavy (non-hydrogen) atoms. The fraction of sp³-hybridized carbons (Fsp3) is 0.750. The van der Waals surface area contributed by atoms with Crippen LogP contribution in [0, 0.1) is 0 Å². The highest BCUT2D eigenvalue weighted by Gasteiger charge is 2.03. The van der Waals surface area contributed by atoms with Gasteiger partial charge in [0.2, 0.25) is 0 Å². The molecule has 0 fully saturated rings. The van der Waals surface area contributed by atoms with Gasteiger partial charge in [0.05, 0.1) is 0 Å². The van der Waals surface area contributed by atoms with E-state index in [2.05, 4.69) is 24.0 Å². The maximum atomic E-state index is 4.12. The SMILES string of the molecule is CCCCSc1nnc(SCC)s1. The third kappa shape index (κ3) is 4.33. The molecule has 0 spiro atoms. The second-order valence-electron chi connectivity index (χ2n) is 2.47. The second-order valence-corrected chi connectivity index (χ2v) is 6.30. The monoisotopic (exact) mass is 234 g/mol. The van der Waals surface area contributed by atoms with Crippen LogP contribution in [0.3, 0.4) is 0 Å². The molecule has 0 aromatic carbocycles. The number of nitrogens with zero attached hydrogens (tertiary/aromatic N) is 2. The fourth-order valence-electron chi connectivity index (χ4n) is 0.741. The van der Waals surface area contributed by atoms with Crippen molar-refractivity contribution in [2.75, 3.05) is 11.5 Å². The van der Waals surface area contributed by atoms with Crippen LogP contribution in [0.25, 0.3) is 0 Å². The summed E-state index contributed by atoms with van der Waals surface area (Å²) in [7, 11) is 0. The lowest BCUT2D eigenvalue weighted by molar-refractivity contribution is 0.892. The summed E-state index contributed by atoms with van der Waals surface area (Å²) in [5, 5.41) is 8.21. The summed E-state index contributed by atoms with van der Waals surface area (Å²) in [5.41, 5.74) is 0. The lowest BCUT2D eigenvalue weighted by Crippen LogP contribution is -1.77. The van der Waals surface area contributed by atoms with Gasteiger partial charge >= 0.3 is 0 Å². The molecular weight excluding hydrogens is 220 g/mol. The van der Waals surface area contributed by atoms with E-state index in [9.17, 15) is 0 Å². The van der Waals surface area contributed by atoms with Gasteiger partial charge in [0.15, 0.2) is 8.68 Å². The van der Waals surface area contributed by atoms with Gasteiger partial charge in [-0.1, -0.05) is 55.1 Å². The van der Waals surface area contributed by atoms with Crippen LogP contribution in [-0.2, 0) is 0 Å². The standard InChI is InChI=1S/C8H14N2S3/c1-3-5-6-12-8-10-9-7(13-8)11-4-2/h3-6H2,1-2H3. The van der Waals surface area contributed by atoms with Gasteiger partial charge in [-0.05, 0) is 12.2 Å². The predicted octanol–water partition coefficient (Wildman–Crippen LogP) is 3.54. The van der Waals surface area contributed by atoms with Gasteiger partial charge in [-0.2, -0.15) is 0 Å². The van der Waals surface area contributed by atoms with Crippen LogP contribution < -0.4 is 0 Å². The van der Waals surface area contributed by atoms with E-state index in [1.165, 1.54) is 18.6 Å². The maximum Gasteiger partial charge on any atom is 0.175 e. The molecule has 0 atom stereocenters. The first-order chi connectivity index (χ1) is 6.36. The van der Waals surface area contributed by atoms with E-state index < -0.39 is 0 Å². The first-order valence-corrected chi connectivity index (χ1v) is 7.24. The van der Waals surface area contributed by atoms with Crippen LogP contribution in [0.5, 0.6) is 0 Å². The highest BCUT2D eigenvalue weighted by molar-refractivity contribution is 8.03. The second kappa shape index (κ2) is 6.68. The Morgan fingerprint density at radius 1 is 1.15 bits per heavy atom. The highest BCUT2D eigenvalue weighted by Crippen LogP contribution is 2.28. The van der Waals surface area contributed by atoms with Gasteiger partial charge in [0.25, 0.3) is 0 Å². The Hall–Kier alpha value is 0.260. The number of aromatic nitrogens is 2. The Kier molecular flexibility index (Phi) is 5.82. The maximum absolute atomic E-state index is 4.12. The first kappa shape index (κ1) is 11.3. The Balaban J connectivity index is 2.31. The summed E-state index contributed by atoms with van der Waals surface area (Å²) >= 11 is 5.30. The Morgan fingerprint density at radius 3 is 2.46 bits per heavy atom. The van der Waals surface area contributed by atoms with E-state index in [1.54, 1.807) is 23.1 Å². The summed E-state index contributed by atoms with van der Waals surface area (Å²) < 4.78 is 2.21. The summed E-state index contributed by atoms with van der Waals surface area (Å²) in [6.07, 6.45) is 2.52. The van der Waals surface area contributed by atoms with Crippen molar-refractivity contribution in [3.63, 3.8) is 0 Å². The van der Waals surface area contributed by atoms with Gasteiger partial charge in [-0.3, -0.25) is 0 Å². The van der Waals surface area contributed by atoms with Crippen molar-refractivity contribution >= 4 is 34.9 Å². The highest BCUT2D eigenvalue weighted by atomic mass is 32.2. The molecule has 0 saturated carbocycles. The van der Waals surface area contributed by atoms with Gasteiger partial charge in [-0.15, -0.1) is 10.2 Å². The molecular formula is C8H14N2S3. The van der Waals surface area contributed by atoms with E-state index in [-0.39, 0.29) is 0 Å². The number of hydrogen-bond donors (Lipinski definition) is 0. The lowest BCUT2D eigenvalue weighted by atomic mass is 10.4. The normalized spacial score (nSPS) is 10.6. The zero-order chi connectivity index (χ0) is 9.52. The van der Waals surface area contributed by atoms with Gasteiger partial charge in [0, 0.05) is 5.75 Å². The summed E-state index contributed by atoms with van der Waals surface area (Å²) in [6, 6.07) is 0.